The van der Waals surface area contributed by atoms with Gasteiger partial charge in [0.2, 0.25) is 10.0 Å². The van der Waals surface area contributed by atoms with Crippen LogP contribution in [0.5, 0.6) is 0 Å². The van der Waals surface area contributed by atoms with Crippen molar-refractivity contribution in [1.29, 1.82) is 0 Å². The molecule has 3 rings (SSSR count). The molecule has 1 aliphatic heterocycles. The average Bonchev–Trinajstić information content (AvgIpc) is 2.91. The quantitative estimate of drug-likeness (QED) is 0.806. The van der Waals surface area contributed by atoms with Crippen molar-refractivity contribution >= 4 is 21.6 Å². The van der Waals surface area contributed by atoms with Gasteiger partial charge in [0.05, 0.1) is 11.9 Å². The minimum atomic E-state index is -3.53. The molecule has 1 aromatic carbocycles. The van der Waals surface area contributed by atoms with Crippen LogP contribution in [0, 0.1) is 12.7 Å². The van der Waals surface area contributed by atoms with Gasteiger partial charge in [-0.05, 0) is 24.6 Å². The van der Waals surface area contributed by atoms with Crippen molar-refractivity contribution < 1.29 is 12.8 Å². The zero-order chi connectivity index (χ0) is 18.2. The fourth-order valence-corrected chi connectivity index (χ4v) is 4.72. The summed E-state index contributed by atoms with van der Waals surface area (Å²) in [6, 6.07) is 4.34. The van der Waals surface area contributed by atoms with E-state index in [0.29, 0.717) is 43.4 Å². The molecule has 0 amide bonds. The van der Waals surface area contributed by atoms with Crippen LogP contribution in [0.3, 0.4) is 0 Å². The Morgan fingerprint density at radius 1 is 1.24 bits per heavy atom. The van der Waals surface area contributed by atoms with E-state index in [9.17, 15) is 12.8 Å². The second-order valence-corrected chi connectivity index (χ2v) is 8.45. The molecule has 0 saturated carbocycles. The molecule has 9 heteroatoms. The van der Waals surface area contributed by atoms with E-state index in [-0.39, 0.29) is 10.7 Å². The molecule has 0 radical (unpaired) electrons. The molecule has 1 saturated heterocycles. The van der Waals surface area contributed by atoms with Gasteiger partial charge in [-0.25, -0.2) is 12.8 Å². The highest BCUT2D eigenvalue weighted by Crippen LogP contribution is 2.23. The van der Waals surface area contributed by atoms with Crippen molar-refractivity contribution in [3.05, 3.63) is 46.5 Å². The third-order valence-electron chi connectivity index (χ3n) is 4.55. The van der Waals surface area contributed by atoms with Gasteiger partial charge < -0.3 is 0 Å². The lowest BCUT2D eigenvalue weighted by molar-refractivity contribution is 0.181. The van der Waals surface area contributed by atoms with E-state index < -0.39 is 10.0 Å². The van der Waals surface area contributed by atoms with Crippen LogP contribution < -0.4 is 0 Å². The Morgan fingerprint density at radius 2 is 1.92 bits per heavy atom. The zero-order valence-corrected chi connectivity index (χ0v) is 15.7. The Labute approximate surface area is 151 Å². The standard InChI is InChI=1S/C16H20ClFN4O2S/c1-12-16(10-19-20(12)2)25(23,24)22-7-5-21(6-8-22)11-13-3-4-14(18)9-15(13)17/h3-4,9-10H,5-8,11H2,1-2H3. The van der Waals surface area contributed by atoms with Crippen LogP contribution in [-0.2, 0) is 23.6 Å². The largest absolute Gasteiger partial charge is 0.296 e. The number of nitrogens with zero attached hydrogens (tertiary/aromatic N) is 4. The summed E-state index contributed by atoms with van der Waals surface area (Å²) in [5, 5.41) is 4.41. The summed E-state index contributed by atoms with van der Waals surface area (Å²) in [4.78, 5) is 2.37. The summed E-state index contributed by atoms with van der Waals surface area (Å²) in [7, 11) is -1.81. The highest BCUT2D eigenvalue weighted by molar-refractivity contribution is 7.89. The van der Waals surface area contributed by atoms with Gasteiger partial charge in [0.1, 0.15) is 10.7 Å². The van der Waals surface area contributed by atoms with Gasteiger partial charge in [0.25, 0.3) is 0 Å². The molecular weight excluding hydrogens is 367 g/mol. The van der Waals surface area contributed by atoms with Gasteiger partial charge in [-0.2, -0.15) is 9.40 Å². The van der Waals surface area contributed by atoms with E-state index in [1.807, 2.05) is 0 Å². The first kappa shape index (κ1) is 18.3. The fraction of sp³-hybridized carbons (Fsp3) is 0.438. The summed E-state index contributed by atoms with van der Waals surface area (Å²) in [6.07, 6.45) is 1.40. The predicted octanol–water partition coefficient (Wildman–Crippen LogP) is 2.03. The van der Waals surface area contributed by atoms with Crippen LogP contribution in [0.2, 0.25) is 5.02 Å². The summed E-state index contributed by atoms with van der Waals surface area (Å²) >= 11 is 6.07. The molecule has 0 atom stereocenters. The van der Waals surface area contributed by atoms with Crippen molar-refractivity contribution in [3.63, 3.8) is 0 Å². The first-order valence-electron chi connectivity index (χ1n) is 7.94. The highest BCUT2D eigenvalue weighted by Gasteiger charge is 2.31. The molecule has 1 aliphatic rings. The molecule has 0 N–H and O–H groups in total. The van der Waals surface area contributed by atoms with Gasteiger partial charge in [-0.15, -0.1) is 0 Å². The number of piperazine rings is 1. The van der Waals surface area contributed by atoms with Crippen LogP contribution in [0.1, 0.15) is 11.3 Å². The van der Waals surface area contributed by atoms with E-state index in [4.69, 9.17) is 11.6 Å². The minimum absolute atomic E-state index is 0.255. The Balaban J connectivity index is 1.66. The molecule has 1 fully saturated rings. The number of aromatic nitrogens is 2. The maximum atomic E-state index is 13.1. The molecule has 25 heavy (non-hydrogen) atoms. The summed E-state index contributed by atoms with van der Waals surface area (Å²) in [5.41, 5.74) is 1.46. The van der Waals surface area contributed by atoms with Crippen LogP contribution in [0.15, 0.2) is 29.3 Å². The third kappa shape index (κ3) is 3.72. The van der Waals surface area contributed by atoms with Crippen LogP contribution in [0.25, 0.3) is 0 Å². The van der Waals surface area contributed by atoms with E-state index in [1.165, 1.54) is 22.6 Å². The van der Waals surface area contributed by atoms with E-state index in [0.717, 1.165) is 5.56 Å². The zero-order valence-electron chi connectivity index (χ0n) is 14.1. The van der Waals surface area contributed by atoms with Gasteiger partial charge in [-0.3, -0.25) is 9.58 Å². The van der Waals surface area contributed by atoms with Crippen LogP contribution >= 0.6 is 11.6 Å². The summed E-state index contributed by atoms with van der Waals surface area (Å²) in [6.45, 7) is 4.29. The van der Waals surface area contributed by atoms with Crippen molar-refractivity contribution in [2.24, 2.45) is 7.05 Å². The van der Waals surface area contributed by atoms with Gasteiger partial charge in [0.15, 0.2) is 0 Å². The predicted molar refractivity (Wildman–Crippen MR) is 93.4 cm³/mol. The molecule has 136 valence electrons. The third-order valence-corrected chi connectivity index (χ3v) is 6.90. The van der Waals surface area contributed by atoms with E-state index in [1.54, 1.807) is 24.7 Å². The highest BCUT2D eigenvalue weighted by atomic mass is 35.5. The van der Waals surface area contributed by atoms with Gasteiger partial charge in [0, 0.05) is 44.8 Å². The number of hydrogen-bond donors (Lipinski definition) is 0. The summed E-state index contributed by atoms with van der Waals surface area (Å²) < 4.78 is 41.7. The second kappa shape index (κ2) is 7.03. The Hall–Kier alpha value is -1.48. The van der Waals surface area contributed by atoms with Crippen LogP contribution in [-0.4, -0.2) is 53.6 Å². The number of rotatable bonds is 4. The lowest BCUT2D eigenvalue weighted by atomic mass is 10.2. The molecule has 0 unspecified atom stereocenters. The molecule has 0 spiro atoms. The van der Waals surface area contributed by atoms with Crippen LogP contribution in [0.4, 0.5) is 4.39 Å². The number of halogens is 2. The smallest absolute Gasteiger partial charge is 0.246 e. The topological polar surface area (TPSA) is 58.4 Å². The van der Waals surface area contributed by atoms with Crippen molar-refractivity contribution in [2.45, 2.75) is 18.4 Å². The second-order valence-electron chi connectivity index (χ2n) is 6.13. The first-order valence-corrected chi connectivity index (χ1v) is 9.76. The minimum Gasteiger partial charge on any atom is -0.296 e. The molecule has 6 nitrogen and oxygen atoms in total. The lowest BCUT2D eigenvalue weighted by Crippen LogP contribution is -2.48. The Kier molecular flexibility index (Phi) is 5.15. The number of hydrogen-bond acceptors (Lipinski definition) is 4. The molecule has 0 aliphatic carbocycles. The Morgan fingerprint density at radius 3 is 2.48 bits per heavy atom. The molecule has 0 bridgehead atoms. The maximum Gasteiger partial charge on any atom is 0.246 e. The molecule has 2 heterocycles. The first-order chi connectivity index (χ1) is 11.8. The van der Waals surface area contributed by atoms with Crippen molar-refractivity contribution in [2.75, 3.05) is 26.2 Å². The fourth-order valence-electron chi connectivity index (χ4n) is 2.89. The number of benzene rings is 1. The normalized spacial score (nSPS) is 17.1. The van der Waals surface area contributed by atoms with Crippen molar-refractivity contribution in [3.8, 4) is 0 Å². The van der Waals surface area contributed by atoms with E-state index in [2.05, 4.69) is 10.00 Å². The van der Waals surface area contributed by atoms with Crippen molar-refractivity contribution in [1.82, 2.24) is 19.0 Å². The van der Waals surface area contributed by atoms with E-state index >= 15 is 0 Å². The molecule has 2 aromatic rings. The maximum absolute atomic E-state index is 13.1. The van der Waals surface area contributed by atoms with Gasteiger partial charge in [-0.1, -0.05) is 17.7 Å². The monoisotopic (exact) mass is 386 g/mol. The molecular formula is C16H20ClFN4O2S. The van der Waals surface area contributed by atoms with Gasteiger partial charge >= 0.3 is 0 Å². The number of sulfonamides is 1. The Bertz CT molecular complexity index is 876. The SMILES string of the molecule is Cc1c(S(=O)(=O)N2CCN(Cc3ccc(F)cc3Cl)CC2)cnn1C. The lowest BCUT2D eigenvalue weighted by Gasteiger charge is -2.34. The average molecular weight is 387 g/mol. The molecule has 1 aromatic heterocycles. The number of aryl methyl sites for hydroxylation is 1. The summed E-state index contributed by atoms with van der Waals surface area (Å²) in [5.74, 6) is -0.364.